The maximum Gasteiger partial charge on any atom is 0.283 e. The highest BCUT2D eigenvalue weighted by molar-refractivity contribution is 7.13. The smallest absolute Gasteiger partial charge is 0.283 e. The largest absolute Gasteiger partial charge is 0.507 e. The van der Waals surface area contributed by atoms with Crippen LogP contribution in [0.5, 0.6) is 5.75 Å². The Morgan fingerprint density at radius 2 is 2.04 bits per heavy atom. The highest BCUT2D eigenvalue weighted by Crippen LogP contribution is 2.27. The second-order valence-electron chi connectivity index (χ2n) is 5.07. The van der Waals surface area contributed by atoms with Gasteiger partial charge in [-0.25, -0.2) is 10.4 Å². The summed E-state index contributed by atoms with van der Waals surface area (Å²) in [4.78, 5) is 16.8. The molecule has 116 valence electrons. The summed E-state index contributed by atoms with van der Waals surface area (Å²) in [5.74, 6) is -0.157. The van der Waals surface area contributed by atoms with Crippen LogP contribution in [-0.4, -0.2) is 22.2 Å². The SMILES string of the molecule is Cc1nc(C)c(C(=O)N/N=C\c2ccc3ccccc3c2O)s1. The maximum absolute atomic E-state index is 12.0. The first kappa shape index (κ1) is 15.2. The van der Waals surface area contributed by atoms with Gasteiger partial charge in [0.25, 0.3) is 5.91 Å². The molecular weight excluding hydrogens is 310 g/mol. The van der Waals surface area contributed by atoms with Gasteiger partial charge in [0.15, 0.2) is 0 Å². The molecule has 2 aromatic carbocycles. The number of thiazole rings is 1. The summed E-state index contributed by atoms with van der Waals surface area (Å²) >= 11 is 1.33. The van der Waals surface area contributed by atoms with E-state index in [1.165, 1.54) is 17.6 Å². The number of phenolic OH excluding ortho intramolecular Hbond substituents is 1. The van der Waals surface area contributed by atoms with Crippen LogP contribution in [-0.2, 0) is 0 Å². The summed E-state index contributed by atoms with van der Waals surface area (Å²) in [6.07, 6.45) is 1.43. The molecule has 23 heavy (non-hydrogen) atoms. The van der Waals surface area contributed by atoms with Gasteiger partial charge in [0.2, 0.25) is 0 Å². The van der Waals surface area contributed by atoms with E-state index in [1.807, 2.05) is 37.3 Å². The van der Waals surface area contributed by atoms with E-state index in [1.54, 1.807) is 13.0 Å². The minimum Gasteiger partial charge on any atom is -0.507 e. The Labute approximate surface area is 137 Å². The van der Waals surface area contributed by atoms with Crippen LogP contribution in [0.4, 0.5) is 0 Å². The number of nitrogens with one attached hydrogen (secondary N) is 1. The number of fused-ring (bicyclic) bond motifs is 1. The molecule has 5 nitrogen and oxygen atoms in total. The highest BCUT2D eigenvalue weighted by atomic mass is 32.1. The minimum atomic E-state index is -0.301. The van der Waals surface area contributed by atoms with Gasteiger partial charge in [-0.3, -0.25) is 4.79 Å². The lowest BCUT2D eigenvalue weighted by Gasteiger charge is -2.04. The zero-order chi connectivity index (χ0) is 16.4. The number of aromatic nitrogens is 1. The number of aryl methyl sites for hydroxylation is 2. The van der Waals surface area contributed by atoms with E-state index in [9.17, 15) is 9.90 Å². The van der Waals surface area contributed by atoms with Crippen LogP contribution in [0, 0.1) is 13.8 Å². The van der Waals surface area contributed by atoms with Gasteiger partial charge in [-0.05, 0) is 25.3 Å². The summed E-state index contributed by atoms with van der Waals surface area (Å²) in [5, 5.41) is 16.7. The Morgan fingerprint density at radius 1 is 1.26 bits per heavy atom. The lowest BCUT2D eigenvalue weighted by molar-refractivity contribution is 0.0958. The van der Waals surface area contributed by atoms with Gasteiger partial charge in [-0.1, -0.05) is 30.3 Å². The van der Waals surface area contributed by atoms with Crippen molar-refractivity contribution in [3.05, 3.63) is 57.5 Å². The number of nitrogens with zero attached hydrogens (tertiary/aromatic N) is 2. The topological polar surface area (TPSA) is 74.6 Å². The zero-order valence-corrected chi connectivity index (χ0v) is 13.5. The van der Waals surface area contributed by atoms with Gasteiger partial charge < -0.3 is 5.11 Å². The van der Waals surface area contributed by atoms with Gasteiger partial charge in [0.05, 0.1) is 16.9 Å². The molecule has 0 fully saturated rings. The molecule has 0 aliphatic rings. The van der Waals surface area contributed by atoms with Crippen molar-refractivity contribution < 1.29 is 9.90 Å². The molecule has 0 aliphatic heterocycles. The van der Waals surface area contributed by atoms with Crippen LogP contribution in [0.15, 0.2) is 41.5 Å². The standard InChI is InChI=1S/C17H15N3O2S/c1-10-16(23-11(2)19-10)17(22)20-18-9-13-8-7-12-5-3-4-6-14(12)15(13)21/h3-9,21H,1-2H3,(H,20,22)/b18-9-. The first-order valence-electron chi connectivity index (χ1n) is 7.04. The van der Waals surface area contributed by atoms with Crippen molar-refractivity contribution in [2.45, 2.75) is 13.8 Å². The molecule has 6 heteroatoms. The fourth-order valence-electron chi connectivity index (χ4n) is 2.33. The number of aromatic hydroxyl groups is 1. The number of carbonyl (C=O) groups is 1. The molecule has 1 aromatic heterocycles. The molecule has 0 saturated heterocycles. The van der Waals surface area contributed by atoms with E-state index < -0.39 is 0 Å². The number of benzene rings is 2. The molecular formula is C17H15N3O2S. The third-order valence-corrected chi connectivity index (χ3v) is 4.48. The van der Waals surface area contributed by atoms with Crippen molar-refractivity contribution in [1.29, 1.82) is 0 Å². The highest BCUT2D eigenvalue weighted by Gasteiger charge is 2.12. The molecule has 3 rings (SSSR count). The molecule has 0 bridgehead atoms. The monoisotopic (exact) mass is 325 g/mol. The first-order valence-corrected chi connectivity index (χ1v) is 7.86. The fourth-order valence-corrected chi connectivity index (χ4v) is 3.14. The molecule has 1 amide bonds. The van der Waals surface area contributed by atoms with Crippen molar-refractivity contribution >= 4 is 34.2 Å². The van der Waals surface area contributed by atoms with Crippen molar-refractivity contribution in [3.8, 4) is 5.75 Å². The fraction of sp³-hybridized carbons (Fsp3) is 0.118. The predicted octanol–water partition coefficient (Wildman–Crippen LogP) is 3.38. The summed E-state index contributed by atoms with van der Waals surface area (Å²) in [5.41, 5.74) is 3.70. The lowest BCUT2D eigenvalue weighted by Crippen LogP contribution is -2.17. The van der Waals surface area contributed by atoms with Crippen LogP contribution in [0.25, 0.3) is 10.8 Å². The van der Waals surface area contributed by atoms with Gasteiger partial charge in [0, 0.05) is 10.9 Å². The van der Waals surface area contributed by atoms with Gasteiger partial charge in [0.1, 0.15) is 10.6 Å². The average molecular weight is 325 g/mol. The molecule has 0 saturated carbocycles. The Hall–Kier alpha value is -2.73. The second-order valence-corrected chi connectivity index (χ2v) is 6.27. The van der Waals surface area contributed by atoms with Crippen molar-refractivity contribution in [3.63, 3.8) is 0 Å². The van der Waals surface area contributed by atoms with Crippen molar-refractivity contribution in [1.82, 2.24) is 10.4 Å². The molecule has 0 radical (unpaired) electrons. The summed E-state index contributed by atoms with van der Waals surface area (Å²) in [6.45, 7) is 3.64. The maximum atomic E-state index is 12.0. The van der Waals surface area contributed by atoms with E-state index in [4.69, 9.17) is 0 Å². The van der Waals surface area contributed by atoms with Crippen molar-refractivity contribution in [2.24, 2.45) is 5.10 Å². The third kappa shape index (κ3) is 3.07. The number of amides is 1. The number of phenols is 1. The number of hydrazone groups is 1. The molecule has 0 unspecified atom stereocenters. The quantitative estimate of drug-likeness (QED) is 0.572. The molecule has 0 spiro atoms. The number of hydrogen-bond donors (Lipinski definition) is 2. The van der Waals surface area contributed by atoms with Gasteiger partial charge >= 0.3 is 0 Å². The Bertz CT molecular complexity index is 915. The number of carbonyl (C=O) groups excluding carboxylic acids is 1. The van der Waals surface area contributed by atoms with Crippen LogP contribution in [0.3, 0.4) is 0 Å². The number of hydrogen-bond acceptors (Lipinski definition) is 5. The minimum absolute atomic E-state index is 0.144. The molecule has 0 aliphatic carbocycles. The zero-order valence-electron chi connectivity index (χ0n) is 12.7. The van der Waals surface area contributed by atoms with E-state index in [2.05, 4.69) is 15.5 Å². The van der Waals surface area contributed by atoms with E-state index in [0.29, 0.717) is 16.1 Å². The van der Waals surface area contributed by atoms with Crippen LogP contribution >= 0.6 is 11.3 Å². The summed E-state index contributed by atoms with van der Waals surface area (Å²) in [7, 11) is 0. The van der Waals surface area contributed by atoms with Gasteiger partial charge in [-0.15, -0.1) is 11.3 Å². The van der Waals surface area contributed by atoms with Crippen LogP contribution in [0.1, 0.15) is 25.9 Å². The summed E-state index contributed by atoms with van der Waals surface area (Å²) in [6, 6.07) is 11.2. The van der Waals surface area contributed by atoms with Crippen LogP contribution in [0.2, 0.25) is 0 Å². The first-order chi connectivity index (χ1) is 11.1. The Kier molecular flexibility index (Phi) is 4.08. The molecule has 3 aromatic rings. The normalized spacial score (nSPS) is 11.2. The van der Waals surface area contributed by atoms with E-state index in [0.717, 1.165) is 15.8 Å². The Morgan fingerprint density at radius 3 is 2.78 bits per heavy atom. The third-order valence-electron chi connectivity index (χ3n) is 3.41. The molecule has 1 heterocycles. The second kappa shape index (κ2) is 6.18. The molecule has 0 atom stereocenters. The average Bonchev–Trinajstić information content (AvgIpc) is 2.88. The summed E-state index contributed by atoms with van der Waals surface area (Å²) < 4.78 is 0. The van der Waals surface area contributed by atoms with E-state index in [-0.39, 0.29) is 11.7 Å². The van der Waals surface area contributed by atoms with E-state index >= 15 is 0 Å². The number of rotatable bonds is 3. The van der Waals surface area contributed by atoms with Gasteiger partial charge in [-0.2, -0.15) is 5.10 Å². The molecule has 2 N–H and O–H groups in total. The van der Waals surface area contributed by atoms with Crippen molar-refractivity contribution in [2.75, 3.05) is 0 Å². The Balaban J connectivity index is 1.79. The predicted molar refractivity (Wildman–Crippen MR) is 92.3 cm³/mol. The van der Waals surface area contributed by atoms with Crippen LogP contribution < -0.4 is 5.43 Å². The lowest BCUT2D eigenvalue weighted by atomic mass is 10.1.